The number of halogens is 1. The quantitative estimate of drug-likeness (QED) is 0.679. The Morgan fingerprint density at radius 2 is 2.04 bits per heavy atom. The number of anilines is 1. The maximum Gasteiger partial charge on any atom is 0.276 e. The van der Waals surface area contributed by atoms with Gasteiger partial charge < -0.3 is 5.32 Å². The topological polar surface area (TPSA) is 46.9 Å². The fraction of sp³-hybridized carbons (Fsp3) is 0.200. The monoisotopic (exact) mass is 383 g/mol. The first-order valence-electron chi connectivity index (χ1n) is 8.45. The zero-order valence-electron chi connectivity index (χ0n) is 14.5. The average Bonchev–Trinajstić information content (AvgIpc) is 2.99. The molecule has 1 aromatic heterocycles. The van der Waals surface area contributed by atoms with E-state index in [4.69, 9.17) is 11.6 Å². The third-order valence-corrected chi connectivity index (χ3v) is 5.88. The summed E-state index contributed by atoms with van der Waals surface area (Å²) >= 11 is 7.88. The number of fused-ring (bicyclic) bond motifs is 3. The van der Waals surface area contributed by atoms with Crippen LogP contribution in [0.25, 0.3) is 11.3 Å². The van der Waals surface area contributed by atoms with Gasteiger partial charge in [0.25, 0.3) is 5.91 Å². The minimum atomic E-state index is -0.183. The van der Waals surface area contributed by atoms with Gasteiger partial charge >= 0.3 is 0 Å². The van der Waals surface area contributed by atoms with Crippen molar-refractivity contribution in [2.75, 3.05) is 5.32 Å². The summed E-state index contributed by atoms with van der Waals surface area (Å²) in [6, 6.07) is 13.8. The van der Waals surface area contributed by atoms with Crippen molar-refractivity contribution in [3.05, 3.63) is 64.3 Å². The standard InChI is InChI=1S/C20H18ClN3OS/c1-3-12-4-7-14(8-5-12)22-20(25)18-16-11-26-17-9-6-13(21)10-15(17)19(16)24(2)23-18/h4-10H,3,11H2,1-2H3,(H,22,25). The van der Waals surface area contributed by atoms with Crippen molar-refractivity contribution in [3.8, 4) is 11.3 Å². The molecule has 2 heterocycles. The van der Waals surface area contributed by atoms with Gasteiger partial charge in [0.15, 0.2) is 5.69 Å². The molecule has 0 radical (unpaired) electrons. The van der Waals surface area contributed by atoms with Crippen molar-refractivity contribution in [3.63, 3.8) is 0 Å². The van der Waals surface area contributed by atoms with E-state index < -0.39 is 0 Å². The summed E-state index contributed by atoms with van der Waals surface area (Å²) in [6.07, 6.45) is 0.973. The van der Waals surface area contributed by atoms with Crippen LogP contribution in [-0.2, 0) is 19.2 Å². The SMILES string of the molecule is CCc1ccc(NC(=O)c2nn(C)c3c2CSc2ccc(Cl)cc2-3)cc1. The Labute approximate surface area is 161 Å². The molecule has 1 aliphatic heterocycles. The molecule has 2 aromatic carbocycles. The molecule has 4 rings (SSSR count). The van der Waals surface area contributed by atoms with E-state index in [9.17, 15) is 4.79 Å². The van der Waals surface area contributed by atoms with Crippen LogP contribution < -0.4 is 5.32 Å². The number of rotatable bonds is 3. The summed E-state index contributed by atoms with van der Waals surface area (Å²) in [5.41, 5.74) is 5.44. The van der Waals surface area contributed by atoms with Crippen LogP contribution in [0.15, 0.2) is 47.4 Å². The minimum Gasteiger partial charge on any atom is -0.321 e. The molecule has 0 saturated carbocycles. The zero-order chi connectivity index (χ0) is 18.3. The number of thioether (sulfide) groups is 1. The smallest absolute Gasteiger partial charge is 0.276 e. The number of benzene rings is 2. The molecule has 0 bridgehead atoms. The van der Waals surface area contributed by atoms with Gasteiger partial charge in [-0.1, -0.05) is 30.7 Å². The third-order valence-electron chi connectivity index (χ3n) is 4.55. The molecule has 0 aliphatic carbocycles. The first-order valence-corrected chi connectivity index (χ1v) is 9.82. The number of aryl methyl sites for hydroxylation is 2. The van der Waals surface area contributed by atoms with Gasteiger partial charge in [-0.15, -0.1) is 11.8 Å². The highest BCUT2D eigenvalue weighted by Crippen LogP contribution is 2.43. The maximum atomic E-state index is 12.8. The normalized spacial score (nSPS) is 12.4. The van der Waals surface area contributed by atoms with Gasteiger partial charge in [0.05, 0.1) is 5.69 Å². The summed E-state index contributed by atoms with van der Waals surface area (Å²) in [6.45, 7) is 2.11. The maximum absolute atomic E-state index is 12.8. The van der Waals surface area contributed by atoms with Crippen molar-refractivity contribution in [2.24, 2.45) is 7.05 Å². The van der Waals surface area contributed by atoms with Crippen LogP contribution in [0, 0.1) is 0 Å². The lowest BCUT2D eigenvalue weighted by Gasteiger charge is -2.17. The Morgan fingerprint density at radius 3 is 2.77 bits per heavy atom. The molecule has 4 nitrogen and oxygen atoms in total. The fourth-order valence-electron chi connectivity index (χ4n) is 3.20. The minimum absolute atomic E-state index is 0.183. The average molecular weight is 384 g/mol. The Morgan fingerprint density at radius 1 is 1.27 bits per heavy atom. The summed E-state index contributed by atoms with van der Waals surface area (Å²) in [4.78, 5) is 14.0. The van der Waals surface area contributed by atoms with Crippen LogP contribution in [0.4, 0.5) is 5.69 Å². The van der Waals surface area contributed by atoms with Gasteiger partial charge in [0.2, 0.25) is 0 Å². The number of hydrogen-bond donors (Lipinski definition) is 1. The number of nitrogens with zero attached hydrogens (tertiary/aromatic N) is 2. The van der Waals surface area contributed by atoms with Crippen molar-refractivity contribution in [1.29, 1.82) is 0 Å². The molecule has 0 atom stereocenters. The molecular formula is C20H18ClN3OS. The Bertz CT molecular complexity index is 995. The number of hydrogen-bond acceptors (Lipinski definition) is 3. The van der Waals surface area contributed by atoms with Crippen molar-refractivity contribution < 1.29 is 4.79 Å². The number of carbonyl (C=O) groups is 1. The van der Waals surface area contributed by atoms with E-state index in [0.717, 1.165) is 39.6 Å². The predicted octanol–water partition coefficient (Wildman–Crippen LogP) is 5.16. The molecular weight excluding hydrogens is 366 g/mol. The number of nitrogens with one attached hydrogen (secondary N) is 1. The fourth-order valence-corrected chi connectivity index (χ4v) is 4.42. The van der Waals surface area contributed by atoms with Gasteiger partial charge in [-0.2, -0.15) is 5.10 Å². The van der Waals surface area contributed by atoms with Crippen LogP contribution in [0.2, 0.25) is 5.02 Å². The van der Waals surface area contributed by atoms with Crippen molar-refractivity contribution in [1.82, 2.24) is 9.78 Å². The molecule has 1 aliphatic rings. The van der Waals surface area contributed by atoms with Crippen LogP contribution in [0.1, 0.15) is 28.5 Å². The van der Waals surface area contributed by atoms with E-state index in [-0.39, 0.29) is 5.91 Å². The largest absolute Gasteiger partial charge is 0.321 e. The van der Waals surface area contributed by atoms with Crippen LogP contribution >= 0.6 is 23.4 Å². The van der Waals surface area contributed by atoms with Crippen molar-refractivity contribution in [2.45, 2.75) is 24.0 Å². The zero-order valence-corrected chi connectivity index (χ0v) is 16.1. The Kier molecular flexibility index (Phi) is 4.51. The van der Waals surface area contributed by atoms with Gasteiger partial charge in [-0.3, -0.25) is 9.48 Å². The van der Waals surface area contributed by atoms with Crippen LogP contribution in [0.3, 0.4) is 0 Å². The number of amides is 1. The van der Waals surface area contributed by atoms with Crippen molar-refractivity contribution >= 4 is 35.0 Å². The molecule has 0 fully saturated rings. The van der Waals surface area contributed by atoms with E-state index >= 15 is 0 Å². The van der Waals surface area contributed by atoms with E-state index in [1.165, 1.54) is 5.56 Å². The third kappa shape index (κ3) is 3.02. The summed E-state index contributed by atoms with van der Waals surface area (Å²) in [7, 11) is 1.87. The Balaban J connectivity index is 1.68. The van der Waals surface area contributed by atoms with E-state index in [1.807, 2.05) is 49.5 Å². The molecule has 26 heavy (non-hydrogen) atoms. The lowest BCUT2D eigenvalue weighted by Crippen LogP contribution is -2.15. The van der Waals surface area contributed by atoms with Gasteiger partial charge in [0.1, 0.15) is 0 Å². The molecule has 1 N–H and O–H groups in total. The lowest BCUT2D eigenvalue weighted by molar-refractivity contribution is 0.102. The molecule has 132 valence electrons. The van der Waals surface area contributed by atoms with E-state index in [2.05, 4.69) is 17.3 Å². The Hall–Kier alpha value is -2.24. The highest BCUT2D eigenvalue weighted by Gasteiger charge is 2.27. The van der Waals surface area contributed by atoms with Gasteiger partial charge in [0, 0.05) is 39.5 Å². The second kappa shape index (κ2) is 6.82. The molecule has 3 aromatic rings. The molecule has 6 heteroatoms. The first-order chi connectivity index (χ1) is 12.6. The van der Waals surface area contributed by atoms with Crippen LogP contribution in [-0.4, -0.2) is 15.7 Å². The summed E-state index contributed by atoms with van der Waals surface area (Å²) in [5, 5.41) is 8.14. The van der Waals surface area contributed by atoms with Crippen LogP contribution in [0.5, 0.6) is 0 Å². The summed E-state index contributed by atoms with van der Waals surface area (Å²) < 4.78 is 1.78. The molecule has 0 unspecified atom stereocenters. The van der Waals surface area contributed by atoms with E-state index in [0.29, 0.717) is 10.7 Å². The molecule has 0 saturated heterocycles. The lowest BCUT2D eigenvalue weighted by atomic mass is 10.1. The second-order valence-electron chi connectivity index (χ2n) is 6.23. The molecule has 1 amide bonds. The van der Waals surface area contributed by atoms with Gasteiger partial charge in [-0.25, -0.2) is 0 Å². The predicted molar refractivity (Wildman–Crippen MR) is 107 cm³/mol. The van der Waals surface area contributed by atoms with Gasteiger partial charge in [-0.05, 0) is 42.3 Å². The first kappa shape index (κ1) is 17.2. The second-order valence-corrected chi connectivity index (χ2v) is 7.69. The molecule has 0 spiro atoms. The highest BCUT2D eigenvalue weighted by atomic mass is 35.5. The highest BCUT2D eigenvalue weighted by molar-refractivity contribution is 7.98. The van der Waals surface area contributed by atoms with E-state index in [1.54, 1.807) is 16.4 Å². The number of aromatic nitrogens is 2. The summed E-state index contributed by atoms with van der Waals surface area (Å²) in [5.74, 6) is 0.534. The number of carbonyl (C=O) groups excluding carboxylic acids is 1.